The number of carbonyl (C=O) groups is 1. The molecule has 5 heteroatoms. The summed E-state index contributed by atoms with van der Waals surface area (Å²) in [7, 11) is 0. The Hall–Kier alpha value is -0.940. The molecule has 0 aromatic heterocycles. The van der Waals surface area contributed by atoms with Crippen molar-refractivity contribution in [3.63, 3.8) is 0 Å². The lowest BCUT2D eigenvalue weighted by Gasteiger charge is -2.08. The maximum atomic E-state index is 11.7. The summed E-state index contributed by atoms with van der Waals surface area (Å²) in [5, 5.41) is 5.92. The van der Waals surface area contributed by atoms with Crippen molar-refractivity contribution < 1.29 is 4.79 Å². The molecule has 0 fully saturated rings. The van der Waals surface area contributed by atoms with Gasteiger partial charge in [-0.05, 0) is 36.8 Å². The lowest BCUT2D eigenvalue weighted by Crippen LogP contribution is -2.39. The molecule has 1 amide bonds. The molecule has 1 aromatic carbocycles. The Morgan fingerprint density at radius 1 is 1.50 bits per heavy atom. The summed E-state index contributed by atoms with van der Waals surface area (Å²) in [4.78, 5) is 11.7. The summed E-state index contributed by atoms with van der Waals surface area (Å²) in [5.41, 5.74) is 0.579. The highest BCUT2D eigenvalue weighted by Crippen LogP contribution is 2.11. The van der Waals surface area contributed by atoms with Gasteiger partial charge >= 0.3 is 0 Å². The van der Waals surface area contributed by atoms with Gasteiger partial charge < -0.3 is 5.32 Å². The summed E-state index contributed by atoms with van der Waals surface area (Å²) in [6.07, 6.45) is 0.965. The third kappa shape index (κ3) is 4.28. The van der Waals surface area contributed by atoms with Crippen LogP contribution >= 0.6 is 28.1 Å². The maximum Gasteiger partial charge on any atom is 0.257 e. The fraction of sp³-hybridized carbons (Fsp3) is 0.273. The highest BCUT2D eigenvalue weighted by Gasteiger charge is 2.07. The van der Waals surface area contributed by atoms with Gasteiger partial charge in [0.25, 0.3) is 5.91 Å². The molecule has 0 unspecified atom stereocenters. The van der Waals surface area contributed by atoms with E-state index in [1.165, 1.54) is 0 Å². The van der Waals surface area contributed by atoms with Gasteiger partial charge in [-0.3, -0.25) is 10.1 Å². The summed E-state index contributed by atoms with van der Waals surface area (Å²) in [6, 6.07) is 7.16. The molecule has 16 heavy (non-hydrogen) atoms. The van der Waals surface area contributed by atoms with Gasteiger partial charge in [0.1, 0.15) is 0 Å². The molecular weight excluding hydrogens is 288 g/mol. The van der Waals surface area contributed by atoms with Crippen LogP contribution in [0.15, 0.2) is 28.7 Å². The first-order chi connectivity index (χ1) is 7.63. The third-order valence-electron chi connectivity index (χ3n) is 1.85. The van der Waals surface area contributed by atoms with Crippen molar-refractivity contribution in [3.05, 3.63) is 34.3 Å². The Balaban J connectivity index is 2.55. The fourth-order valence-corrected chi connectivity index (χ4v) is 1.68. The van der Waals surface area contributed by atoms with E-state index in [-0.39, 0.29) is 5.91 Å². The zero-order valence-corrected chi connectivity index (χ0v) is 11.3. The van der Waals surface area contributed by atoms with Gasteiger partial charge in [-0.1, -0.05) is 28.9 Å². The molecule has 86 valence electrons. The minimum atomic E-state index is -0.199. The highest BCUT2D eigenvalue weighted by molar-refractivity contribution is 9.10. The van der Waals surface area contributed by atoms with Crippen molar-refractivity contribution in [2.45, 2.75) is 13.3 Å². The van der Waals surface area contributed by atoms with Gasteiger partial charge in [0, 0.05) is 16.6 Å². The molecule has 0 heterocycles. The van der Waals surface area contributed by atoms with Crippen LogP contribution in [0.1, 0.15) is 23.7 Å². The Morgan fingerprint density at radius 3 is 2.88 bits per heavy atom. The molecular formula is C11H13BrN2OS. The summed E-state index contributed by atoms with van der Waals surface area (Å²) in [6.45, 7) is 2.79. The van der Waals surface area contributed by atoms with Crippen LogP contribution in [0, 0.1) is 0 Å². The van der Waals surface area contributed by atoms with Crippen molar-refractivity contribution in [1.82, 2.24) is 10.6 Å². The smallest absolute Gasteiger partial charge is 0.257 e. The molecule has 0 aliphatic rings. The molecule has 0 radical (unpaired) electrons. The van der Waals surface area contributed by atoms with E-state index in [1.54, 1.807) is 12.1 Å². The zero-order valence-electron chi connectivity index (χ0n) is 8.92. The lowest BCUT2D eigenvalue weighted by molar-refractivity contribution is 0.0976. The first kappa shape index (κ1) is 13.1. The van der Waals surface area contributed by atoms with E-state index in [4.69, 9.17) is 12.2 Å². The molecule has 0 atom stereocenters. The molecule has 0 saturated heterocycles. The normalized spacial score (nSPS) is 9.62. The van der Waals surface area contributed by atoms with Crippen LogP contribution in [0.4, 0.5) is 0 Å². The van der Waals surface area contributed by atoms with Gasteiger partial charge in [-0.2, -0.15) is 0 Å². The Kier molecular flexibility index (Phi) is 5.42. The van der Waals surface area contributed by atoms with E-state index in [0.717, 1.165) is 17.4 Å². The number of hydrogen-bond donors (Lipinski definition) is 2. The zero-order chi connectivity index (χ0) is 12.0. The highest BCUT2D eigenvalue weighted by atomic mass is 79.9. The summed E-state index contributed by atoms with van der Waals surface area (Å²) < 4.78 is 0.868. The number of amides is 1. The van der Waals surface area contributed by atoms with Gasteiger partial charge in [-0.15, -0.1) is 0 Å². The monoisotopic (exact) mass is 300 g/mol. The van der Waals surface area contributed by atoms with Crippen molar-refractivity contribution in [2.24, 2.45) is 0 Å². The van der Waals surface area contributed by atoms with Crippen LogP contribution in [0.5, 0.6) is 0 Å². The second-order valence-corrected chi connectivity index (χ2v) is 4.54. The van der Waals surface area contributed by atoms with Crippen molar-refractivity contribution in [1.29, 1.82) is 0 Å². The van der Waals surface area contributed by atoms with Crippen LogP contribution < -0.4 is 10.6 Å². The topological polar surface area (TPSA) is 41.1 Å². The Morgan fingerprint density at radius 2 is 2.25 bits per heavy atom. The average Bonchev–Trinajstić information content (AvgIpc) is 2.26. The van der Waals surface area contributed by atoms with Crippen LogP contribution in [0.2, 0.25) is 0 Å². The van der Waals surface area contributed by atoms with Gasteiger partial charge in [0.2, 0.25) is 0 Å². The van der Waals surface area contributed by atoms with E-state index in [9.17, 15) is 4.79 Å². The van der Waals surface area contributed by atoms with Crippen molar-refractivity contribution in [2.75, 3.05) is 6.54 Å². The standard InChI is InChI=1S/C11H13BrN2OS/c1-2-6-13-11(16)14-10(15)8-4-3-5-9(12)7-8/h3-5,7H,2,6H2,1H3,(H2,13,14,15,16). The van der Waals surface area contributed by atoms with E-state index in [1.807, 2.05) is 19.1 Å². The molecule has 0 aliphatic carbocycles. The largest absolute Gasteiger partial charge is 0.362 e. The molecule has 2 N–H and O–H groups in total. The minimum Gasteiger partial charge on any atom is -0.362 e. The molecule has 0 aliphatic heterocycles. The number of rotatable bonds is 3. The Bertz CT molecular complexity index is 395. The summed E-state index contributed by atoms with van der Waals surface area (Å²) in [5.74, 6) is -0.199. The van der Waals surface area contributed by atoms with Crippen LogP contribution in [0.3, 0.4) is 0 Å². The predicted octanol–water partition coefficient (Wildman–Crippen LogP) is 2.46. The van der Waals surface area contributed by atoms with Crippen LogP contribution in [-0.2, 0) is 0 Å². The lowest BCUT2D eigenvalue weighted by atomic mass is 10.2. The van der Waals surface area contributed by atoms with Crippen LogP contribution in [0.25, 0.3) is 0 Å². The number of hydrogen-bond acceptors (Lipinski definition) is 2. The van der Waals surface area contributed by atoms with E-state index in [0.29, 0.717) is 10.7 Å². The molecule has 3 nitrogen and oxygen atoms in total. The summed E-state index contributed by atoms with van der Waals surface area (Å²) >= 11 is 8.28. The number of benzene rings is 1. The number of thiocarbonyl (C=S) groups is 1. The minimum absolute atomic E-state index is 0.199. The maximum absolute atomic E-state index is 11.7. The second-order valence-electron chi connectivity index (χ2n) is 3.22. The SMILES string of the molecule is CCCNC(=S)NC(=O)c1cccc(Br)c1. The third-order valence-corrected chi connectivity index (χ3v) is 2.59. The average molecular weight is 301 g/mol. The van der Waals surface area contributed by atoms with Gasteiger partial charge in [-0.25, -0.2) is 0 Å². The predicted molar refractivity (Wildman–Crippen MR) is 72.5 cm³/mol. The number of halogens is 1. The quantitative estimate of drug-likeness (QED) is 0.843. The van der Waals surface area contributed by atoms with E-state index < -0.39 is 0 Å². The van der Waals surface area contributed by atoms with E-state index in [2.05, 4.69) is 26.6 Å². The molecule has 1 rings (SSSR count). The van der Waals surface area contributed by atoms with Crippen molar-refractivity contribution >= 4 is 39.2 Å². The molecule has 0 bridgehead atoms. The van der Waals surface area contributed by atoms with Crippen molar-refractivity contribution in [3.8, 4) is 0 Å². The number of nitrogens with one attached hydrogen (secondary N) is 2. The molecule has 1 aromatic rings. The van der Waals surface area contributed by atoms with Gasteiger partial charge in [0.15, 0.2) is 5.11 Å². The van der Waals surface area contributed by atoms with Crippen LogP contribution in [-0.4, -0.2) is 17.6 Å². The second kappa shape index (κ2) is 6.60. The Labute approximate surface area is 109 Å². The first-order valence-electron chi connectivity index (χ1n) is 4.98. The fourth-order valence-electron chi connectivity index (χ4n) is 1.09. The number of carbonyl (C=O) groups excluding carboxylic acids is 1. The molecule has 0 spiro atoms. The van der Waals surface area contributed by atoms with E-state index >= 15 is 0 Å². The molecule has 0 saturated carbocycles. The van der Waals surface area contributed by atoms with Gasteiger partial charge in [0.05, 0.1) is 0 Å². The first-order valence-corrected chi connectivity index (χ1v) is 6.18.